The Balaban J connectivity index is 2.57. The molecular weight excluding hydrogens is 147 g/mol. The molecule has 0 unspecified atom stereocenters. The highest BCUT2D eigenvalue weighted by Gasteiger charge is 2.20. The van der Waals surface area contributed by atoms with Crippen molar-refractivity contribution in [2.45, 2.75) is 45.3 Å². The molecular formula is C10H19BO. The van der Waals surface area contributed by atoms with Crippen LogP contribution in [0.25, 0.3) is 0 Å². The minimum Gasteiger partial charge on any atom is -0.434 e. The lowest BCUT2D eigenvalue weighted by Gasteiger charge is -2.11. The van der Waals surface area contributed by atoms with E-state index in [1.165, 1.54) is 37.5 Å². The Labute approximate surface area is 76.3 Å². The van der Waals surface area contributed by atoms with E-state index in [1.807, 2.05) is 7.11 Å². The first-order chi connectivity index (χ1) is 5.88. The van der Waals surface area contributed by atoms with Gasteiger partial charge < -0.3 is 4.65 Å². The van der Waals surface area contributed by atoms with E-state index >= 15 is 0 Å². The molecule has 0 radical (unpaired) electrons. The smallest absolute Gasteiger partial charge is 0.321 e. The normalized spacial score (nSPS) is 22.8. The highest BCUT2D eigenvalue weighted by Crippen LogP contribution is 2.23. The van der Waals surface area contributed by atoms with Crippen molar-refractivity contribution in [3.63, 3.8) is 0 Å². The Morgan fingerprint density at radius 3 is 2.92 bits per heavy atom. The van der Waals surface area contributed by atoms with Crippen molar-refractivity contribution in [2.24, 2.45) is 0 Å². The summed E-state index contributed by atoms with van der Waals surface area (Å²) in [7, 11) is 1.83. The average molecular weight is 166 g/mol. The highest BCUT2D eigenvalue weighted by atomic mass is 16.4. The molecule has 1 aliphatic heterocycles. The summed E-state index contributed by atoms with van der Waals surface area (Å²) in [5.41, 5.74) is 1.54. The van der Waals surface area contributed by atoms with Gasteiger partial charge in [-0.25, -0.2) is 0 Å². The van der Waals surface area contributed by atoms with Gasteiger partial charge in [-0.1, -0.05) is 37.7 Å². The summed E-state index contributed by atoms with van der Waals surface area (Å²) in [5.74, 6) is 0. The lowest BCUT2D eigenvalue weighted by atomic mass is 9.56. The Bertz CT molecular complexity index is 154. The first-order valence-corrected chi connectivity index (χ1v) is 5.10. The second-order valence-electron chi connectivity index (χ2n) is 3.51. The predicted molar refractivity (Wildman–Crippen MR) is 54.4 cm³/mol. The minimum absolute atomic E-state index is 0.424. The number of hydrogen-bond donors (Lipinski definition) is 0. The molecule has 0 spiro atoms. The molecule has 68 valence electrons. The van der Waals surface area contributed by atoms with Crippen LogP contribution in [0.1, 0.15) is 39.0 Å². The molecule has 0 aromatic heterocycles. The largest absolute Gasteiger partial charge is 0.434 e. The van der Waals surface area contributed by atoms with Gasteiger partial charge in [-0.3, -0.25) is 0 Å². The third-order valence-corrected chi connectivity index (χ3v) is 2.60. The van der Waals surface area contributed by atoms with Crippen molar-refractivity contribution in [2.75, 3.05) is 7.11 Å². The highest BCUT2D eigenvalue weighted by molar-refractivity contribution is 6.60. The van der Waals surface area contributed by atoms with Crippen LogP contribution in [-0.4, -0.2) is 14.0 Å². The van der Waals surface area contributed by atoms with E-state index in [-0.39, 0.29) is 0 Å². The zero-order chi connectivity index (χ0) is 8.81. The van der Waals surface area contributed by atoms with E-state index in [4.69, 9.17) is 4.65 Å². The third-order valence-electron chi connectivity index (χ3n) is 2.60. The quantitative estimate of drug-likeness (QED) is 0.572. The molecule has 0 N–H and O–H groups in total. The summed E-state index contributed by atoms with van der Waals surface area (Å²) in [6, 6.07) is 0. The van der Waals surface area contributed by atoms with E-state index in [9.17, 15) is 0 Å². The fourth-order valence-electron chi connectivity index (χ4n) is 1.95. The standard InChI is InChI=1S/C10H19BO/c1-3-7-10-8-5-4-6-9-11(10)12-2/h7H,3-6,8-9H2,1-2H3/b10-7-. The van der Waals surface area contributed by atoms with Gasteiger partial charge >= 0.3 is 6.92 Å². The Hall–Kier alpha value is -0.235. The molecule has 0 aromatic carbocycles. The number of rotatable bonds is 2. The molecule has 0 aromatic rings. The fourth-order valence-corrected chi connectivity index (χ4v) is 1.95. The molecule has 1 heterocycles. The van der Waals surface area contributed by atoms with E-state index in [2.05, 4.69) is 13.0 Å². The topological polar surface area (TPSA) is 9.23 Å². The van der Waals surface area contributed by atoms with Gasteiger partial charge in [0.2, 0.25) is 0 Å². The molecule has 0 bridgehead atoms. The van der Waals surface area contributed by atoms with Crippen molar-refractivity contribution in [3.8, 4) is 0 Å². The summed E-state index contributed by atoms with van der Waals surface area (Å²) in [6.45, 7) is 2.62. The molecule has 12 heavy (non-hydrogen) atoms. The van der Waals surface area contributed by atoms with Gasteiger partial charge in [0.05, 0.1) is 0 Å². The summed E-state index contributed by atoms with van der Waals surface area (Å²) in [4.78, 5) is 0. The third kappa shape index (κ3) is 2.67. The molecule has 1 rings (SSSR count). The Morgan fingerprint density at radius 1 is 1.42 bits per heavy atom. The molecule has 2 heteroatoms. The molecule has 0 aliphatic carbocycles. The summed E-state index contributed by atoms with van der Waals surface area (Å²) < 4.78 is 5.47. The minimum atomic E-state index is 0.424. The van der Waals surface area contributed by atoms with Crippen molar-refractivity contribution in [3.05, 3.63) is 11.5 Å². The zero-order valence-corrected chi connectivity index (χ0v) is 8.31. The van der Waals surface area contributed by atoms with Crippen LogP contribution in [0.5, 0.6) is 0 Å². The molecule has 1 fully saturated rings. The van der Waals surface area contributed by atoms with E-state index < -0.39 is 0 Å². The van der Waals surface area contributed by atoms with E-state index in [1.54, 1.807) is 0 Å². The molecule has 0 saturated carbocycles. The van der Waals surface area contributed by atoms with Gasteiger partial charge in [-0.15, -0.1) is 0 Å². The Morgan fingerprint density at radius 2 is 2.25 bits per heavy atom. The van der Waals surface area contributed by atoms with Crippen LogP contribution in [-0.2, 0) is 4.65 Å². The maximum atomic E-state index is 5.47. The van der Waals surface area contributed by atoms with Gasteiger partial charge in [-0.2, -0.15) is 0 Å². The van der Waals surface area contributed by atoms with Crippen molar-refractivity contribution in [1.82, 2.24) is 0 Å². The average Bonchev–Trinajstić information content (AvgIpc) is 2.30. The second-order valence-corrected chi connectivity index (χ2v) is 3.51. The van der Waals surface area contributed by atoms with E-state index in [0.717, 1.165) is 6.42 Å². The van der Waals surface area contributed by atoms with Crippen LogP contribution < -0.4 is 0 Å². The maximum Gasteiger partial charge on any atom is 0.321 e. The van der Waals surface area contributed by atoms with Crippen LogP contribution >= 0.6 is 0 Å². The zero-order valence-electron chi connectivity index (χ0n) is 8.31. The number of allylic oxidation sites excluding steroid dienone is 2. The molecule has 0 amide bonds. The van der Waals surface area contributed by atoms with Crippen LogP contribution in [0.15, 0.2) is 11.5 Å². The molecule has 0 atom stereocenters. The van der Waals surface area contributed by atoms with E-state index in [0.29, 0.717) is 6.92 Å². The van der Waals surface area contributed by atoms with Crippen LogP contribution in [0, 0.1) is 0 Å². The maximum absolute atomic E-state index is 5.47. The van der Waals surface area contributed by atoms with Crippen molar-refractivity contribution >= 4 is 6.92 Å². The van der Waals surface area contributed by atoms with Crippen LogP contribution in [0.3, 0.4) is 0 Å². The summed E-state index contributed by atoms with van der Waals surface area (Å²) in [6.07, 6.45) is 10.0. The predicted octanol–water partition coefficient (Wildman–Crippen LogP) is 3.07. The monoisotopic (exact) mass is 166 g/mol. The summed E-state index contributed by atoms with van der Waals surface area (Å²) >= 11 is 0. The summed E-state index contributed by atoms with van der Waals surface area (Å²) in [5, 5.41) is 0. The number of hydrogen-bond acceptors (Lipinski definition) is 1. The van der Waals surface area contributed by atoms with Gasteiger partial charge in [0.25, 0.3) is 0 Å². The van der Waals surface area contributed by atoms with Gasteiger partial charge in [0.1, 0.15) is 0 Å². The Kier molecular flexibility index (Phi) is 4.45. The SMILES string of the molecule is CC/C=C1/CCCCCB1OC. The first-order valence-electron chi connectivity index (χ1n) is 5.10. The van der Waals surface area contributed by atoms with Gasteiger partial charge in [0.15, 0.2) is 0 Å². The van der Waals surface area contributed by atoms with Crippen molar-refractivity contribution < 1.29 is 4.65 Å². The molecule has 1 aliphatic rings. The van der Waals surface area contributed by atoms with Gasteiger partial charge in [0, 0.05) is 7.11 Å². The fraction of sp³-hybridized carbons (Fsp3) is 0.800. The second kappa shape index (κ2) is 5.42. The molecule has 1 saturated heterocycles. The lowest BCUT2D eigenvalue weighted by molar-refractivity contribution is 0.424. The first kappa shape index (κ1) is 9.85. The van der Waals surface area contributed by atoms with Gasteiger partial charge in [-0.05, 0) is 19.2 Å². The molecule has 1 nitrogen and oxygen atoms in total. The van der Waals surface area contributed by atoms with Crippen LogP contribution in [0.4, 0.5) is 0 Å². The van der Waals surface area contributed by atoms with Crippen LogP contribution in [0.2, 0.25) is 6.32 Å². The lowest BCUT2D eigenvalue weighted by Crippen LogP contribution is -2.17. The van der Waals surface area contributed by atoms with Crippen molar-refractivity contribution in [1.29, 1.82) is 0 Å².